The van der Waals surface area contributed by atoms with E-state index in [9.17, 15) is 0 Å². The van der Waals surface area contributed by atoms with Gasteiger partial charge < -0.3 is 5.73 Å². The lowest BCUT2D eigenvalue weighted by molar-refractivity contribution is 0.679. The first-order chi connectivity index (χ1) is 11.5. The summed E-state index contributed by atoms with van der Waals surface area (Å²) in [5, 5.41) is 5.93. The summed E-state index contributed by atoms with van der Waals surface area (Å²) in [6.45, 7) is 2.04. The topological polar surface area (TPSA) is 43.8 Å². The predicted octanol–water partition coefficient (Wildman–Crippen LogP) is 4.89. The molecule has 0 saturated heterocycles. The van der Waals surface area contributed by atoms with Crippen molar-refractivity contribution in [2.45, 2.75) is 29.3 Å². The Labute approximate surface area is 155 Å². The molecule has 1 heterocycles. The van der Waals surface area contributed by atoms with Crippen LogP contribution in [0.2, 0.25) is 0 Å². The zero-order chi connectivity index (χ0) is 17.1. The first-order valence-corrected chi connectivity index (χ1v) is 9.46. The highest BCUT2D eigenvalue weighted by Crippen LogP contribution is 2.36. The first-order valence-electron chi connectivity index (χ1n) is 7.85. The van der Waals surface area contributed by atoms with Crippen molar-refractivity contribution in [2.24, 2.45) is 12.8 Å². The van der Waals surface area contributed by atoms with Crippen LogP contribution < -0.4 is 5.73 Å². The SMILES string of the molecule is CC(N)Cc1c(-c2ccccc2)nn(C)c1Sc1ccc(Br)cc1. The van der Waals surface area contributed by atoms with Gasteiger partial charge in [-0.05, 0) is 37.6 Å². The van der Waals surface area contributed by atoms with Crippen LogP contribution in [0.25, 0.3) is 11.3 Å². The normalized spacial score (nSPS) is 12.3. The van der Waals surface area contributed by atoms with E-state index in [1.807, 2.05) is 36.9 Å². The first kappa shape index (κ1) is 17.3. The molecule has 0 radical (unpaired) electrons. The second-order valence-electron chi connectivity index (χ2n) is 5.86. The number of benzene rings is 2. The standard InChI is InChI=1S/C19H20BrN3S/c1-13(21)12-17-18(14-6-4-3-5-7-14)22-23(2)19(17)24-16-10-8-15(20)9-11-16/h3-11,13H,12,21H2,1-2H3. The summed E-state index contributed by atoms with van der Waals surface area (Å²) < 4.78 is 3.05. The van der Waals surface area contributed by atoms with E-state index in [1.54, 1.807) is 11.8 Å². The Hall–Kier alpha value is -1.56. The summed E-state index contributed by atoms with van der Waals surface area (Å²) in [7, 11) is 2.00. The number of hydrogen-bond donors (Lipinski definition) is 1. The highest BCUT2D eigenvalue weighted by molar-refractivity contribution is 9.10. The van der Waals surface area contributed by atoms with Crippen molar-refractivity contribution >= 4 is 27.7 Å². The quantitative estimate of drug-likeness (QED) is 0.661. The third-order valence-electron chi connectivity index (χ3n) is 3.69. The van der Waals surface area contributed by atoms with E-state index in [1.165, 1.54) is 10.5 Å². The molecule has 3 aromatic rings. The number of aryl methyl sites for hydroxylation is 1. The molecule has 24 heavy (non-hydrogen) atoms. The Morgan fingerprint density at radius 3 is 2.42 bits per heavy atom. The molecular weight excluding hydrogens is 382 g/mol. The highest BCUT2D eigenvalue weighted by atomic mass is 79.9. The van der Waals surface area contributed by atoms with Crippen molar-refractivity contribution in [1.82, 2.24) is 9.78 Å². The molecule has 0 aliphatic heterocycles. The monoisotopic (exact) mass is 401 g/mol. The van der Waals surface area contributed by atoms with Crippen LogP contribution in [-0.4, -0.2) is 15.8 Å². The van der Waals surface area contributed by atoms with E-state index in [0.717, 1.165) is 27.2 Å². The van der Waals surface area contributed by atoms with E-state index in [4.69, 9.17) is 10.8 Å². The minimum atomic E-state index is 0.0842. The third-order valence-corrected chi connectivity index (χ3v) is 5.43. The van der Waals surface area contributed by atoms with Crippen LogP contribution in [0.15, 0.2) is 69.0 Å². The summed E-state index contributed by atoms with van der Waals surface area (Å²) in [5.74, 6) is 0. The molecule has 5 heteroatoms. The number of nitrogens with two attached hydrogens (primary N) is 1. The Kier molecular flexibility index (Phi) is 5.43. The molecule has 0 bridgehead atoms. The van der Waals surface area contributed by atoms with Gasteiger partial charge in [0.25, 0.3) is 0 Å². The fourth-order valence-electron chi connectivity index (χ4n) is 2.63. The van der Waals surface area contributed by atoms with Crippen molar-refractivity contribution in [3.8, 4) is 11.3 Å². The van der Waals surface area contributed by atoms with Gasteiger partial charge in [0.05, 0.1) is 5.69 Å². The van der Waals surface area contributed by atoms with Crippen molar-refractivity contribution in [1.29, 1.82) is 0 Å². The van der Waals surface area contributed by atoms with E-state index in [-0.39, 0.29) is 6.04 Å². The number of rotatable bonds is 5. The number of nitrogens with zero attached hydrogens (tertiary/aromatic N) is 2. The Bertz CT molecular complexity index is 811. The lowest BCUT2D eigenvalue weighted by Crippen LogP contribution is -2.18. The molecule has 0 amide bonds. The lowest BCUT2D eigenvalue weighted by Gasteiger charge is -2.10. The largest absolute Gasteiger partial charge is 0.328 e. The molecule has 0 spiro atoms. The molecule has 2 N–H and O–H groups in total. The summed E-state index contributed by atoms with van der Waals surface area (Å²) in [4.78, 5) is 1.19. The molecule has 124 valence electrons. The molecule has 0 aliphatic rings. The summed E-state index contributed by atoms with van der Waals surface area (Å²) in [6.07, 6.45) is 0.803. The molecule has 1 aromatic heterocycles. The minimum absolute atomic E-state index is 0.0842. The number of halogens is 1. The van der Waals surface area contributed by atoms with Gasteiger partial charge in [0.2, 0.25) is 0 Å². The van der Waals surface area contributed by atoms with Crippen LogP contribution in [0.5, 0.6) is 0 Å². The fraction of sp³-hybridized carbons (Fsp3) is 0.211. The average molecular weight is 402 g/mol. The lowest BCUT2D eigenvalue weighted by atomic mass is 10.0. The van der Waals surface area contributed by atoms with Crippen LogP contribution in [0.3, 0.4) is 0 Å². The molecule has 1 atom stereocenters. The van der Waals surface area contributed by atoms with Gasteiger partial charge in [0.1, 0.15) is 5.03 Å². The molecule has 3 rings (SSSR count). The molecule has 2 aromatic carbocycles. The van der Waals surface area contributed by atoms with Crippen LogP contribution in [0, 0.1) is 0 Å². The van der Waals surface area contributed by atoms with Crippen LogP contribution in [0.4, 0.5) is 0 Å². The smallest absolute Gasteiger partial charge is 0.102 e. The minimum Gasteiger partial charge on any atom is -0.328 e. The molecule has 1 unspecified atom stereocenters. The number of hydrogen-bond acceptors (Lipinski definition) is 3. The zero-order valence-electron chi connectivity index (χ0n) is 13.7. The van der Waals surface area contributed by atoms with E-state index >= 15 is 0 Å². The Morgan fingerprint density at radius 2 is 1.79 bits per heavy atom. The zero-order valence-corrected chi connectivity index (χ0v) is 16.1. The van der Waals surface area contributed by atoms with Gasteiger partial charge in [0.15, 0.2) is 0 Å². The summed E-state index contributed by atoms with van der Waals surface area (Å²) in [5.41, 5.74) is 9.48. The second kappa shape index (κ2) is 7.55. The van der Waals surface area contributed by atoms with Crippen molar-refractivity contribution < 1.29 is 0 Å². The third kappa shape index (κ3) is 3.91. The second-order valence-corrected chi connectivity index (χ2v) is 7.84. The van der Waals surface area contributed by atoms with E-state index in [2.05, 4.69) is 52.3 Å². The van der Waals surface area contributed by atoms with Crippen LogP contribution in [-0.2, 0) is 13.5 Å². The van der Waals surface area contributed by atoms with Crippen molar-refractivity contribution in [3.05, 3.63) is 64.6 Å². The van der Waals surface area contributed by atoms with Gasteiger partial charge in [-0.2, -0.15) is 5.10 Å². The van der Waals surface area contributed by atoms with Crippen molar-refractivity contribution in [3.63, 3.8) is 0 Å². The maximum absolute atomic E-state index is 6.11. The van der Waals surface area contributed by atoms with Gasteiger partial charge in [-0.15, -0.1) is 0 Å². The average Bonchev–Trinajstić information content (AvgIpc) is 2.86. The van der Waals surface area contributed by atoms with Gasteiger partial charge >= 0.3 is 0 Å². The molecule has 0 aliphatic carbocycles. The maximum atomic E-state index is 6.11. The molecule has 3 nitrogen and oxygen atoms in total. The Morgan fingerprint density at radius 1 is 1.12 bits per heavy atom. The van der Waals surface area contributed by atoms with Crippen LogP contribution in [0.1, 0.15) is 12.5 Å². The molecule has 0 fully saturated rings. The van der Waals surface area contributed by atoms with Gasteiger partial charge in [-0.3, -0.25) is 4.68 Å². The van der Waals surface area contributed by atoms with Gasteiger partial charge in [-0.1, -0.05) is 58.0 Å². The fourth-order valence-corrected chi connectivity index (χ4v) is 3.86. The molecule has 0 saturated carbocycles. The van der Waals surface area contributed by atoms with Crippen molar-refractivity contribution in [2.75, 3.05) is 0 Å². The van der Waals surface area contributed by atoms with Crippen LogP contribution >= 0.6 is 27.7 Å². The van der Waals surface area contributed by atoms with E-state index in [0.29, 0.717) is 0 Å². The molecular formula is C19H20BrN3S. The predicted molar refractivity (Wildman–Crippen MR) is 104 cm³/mol. The maximum Gasteiger partial charge on any atom is 0.102 e. The Balaban J connectivity index is 2.04. The summed E-state index contributed by atoms with van der Waals surface area (Å²) >= 11 is 5.22. The highest BCUT2D eigenvalue weighted by Gasteiger charge is 2.19. The van der Waals surface area contributed by atoms with Gasteiger partial charge in [-0.25, -0.2) is 0 Å². The van der Waals surface area contributed by atoms with Gasteiger partial charge in [0, 0.05) is 33.6 Å². The number of aromatic nitrogens is 2. The summed E-state index contributed by atoms with van der Waals surface area (Å²) in [6, 6.07) is 18.7. The van der Waals surface area contributed by atoms with E-state index < -0.39 is 0 Å².